The Hall–Kier alpha value is -9.31. The predicted octanol–water partition coefficient (Wildman–Crippen LogP) is -5.25. The second kappa shape index (κ2) is 47.0. The third-order valence-electron chi connectivity index (χ3n) is 15.6. The summed E-state index contributed by atoms with van der Waals surface area (Å²) in [6.07, 6.45) is -5.62. The van der Waals surface area contributed by atoms with Crippen molar-refractivity contribution in [3.8, 4) is 0 Å². The van der Waals surface area contributed by atoms with Crippen molar-refractivity contribution in [2.75, 3.05) is 23.8 Å². The minimum absolute atomic E-state index is 0.00770. The second-order valence-electron chi connectivity index (χ2n) is 24.4. The van der Waals surface area contributed by atoms with Gasteiger partial charge in [-0.2, -0.15) is 37.9 Å². The number of hydrogen-bond donors (Lipinski definition) is 22. The maximum absolute atomic E-state index is 14.5. The van der Waals surface area contributed by atoms with Crippen molar-refractivity contribution in [2.45, 2.75) is 198 Å². The highest BCUT2D eigenvalue weighted by Gasteiger charge is 2.38. The number of hydrogen-bond acceptors (Lipinski definition) is 22. The number of carbonyl (C=O) groups excluding carboxylic acids is 14. The van der Waals surface area contributed by atoms with E-state index in [2.05, 4.69) is 102 Å². The highest BCUT2D eigenvalue weighted by molar-refractivity contribution is 7.80. The zero-order valence-corrected chi connectivity index (χ0v) is 60.0. The first-order valence-electron chi connectivity index (χ1n) is 32.5. The summed E-state index contributed by atoms with van der Waals surface area (Å²) >= 11 is 12.3. The maximum atomic E-state index is 14.5. The van der Waals surface area contributed by atoms with Crippen LogP contribution in [0.15, 0.2) is 30.3 Å². The molecule has 0 aliphatic carbocycles. The number of carbonyl (C=O) groups is 18. The summed E-state index contributed by atoms with van der Waals surface area (Å²) in [6.45, 7) is 8.81. The molecule has 0 aliphatic rings. The van der Waals surface area contributed by atoms with Gasteiger partial charge in [0.15, 0.2) is 0 Å². The molecule has 0 bridgehead atoms. The quantitative estimate of drug-likeness (QED) is 0.0271. The molecule has 0 spiro atoms. The lowest BCUT2D eigenvalue weighted by atomic mass is 9.97. The molecule has 0 fully saturated rings. The van der Waals surface area contributed by atoms with Crippen molar-refractivity contribution >= 4 is 144 Å². The monoisotopic (exact) mass is 1500 g/mol. The fourth-order valence-corrected chi connectivity index (χ4v) is 10.1. The van der Waals surface area contributed by atoms with Crippen LogP contribution in [0.3, 0.4) is 0 Å². The van der Waals surface area contributed by atoms with E-state index < -0.39 is 267 Å². The number of carboxylic acid groups (broad SMARTS) is 4. The Morgan fingerprint density at radius 2 is 0.765 bits per heavy atom. The van der Waals surface area contributed by atoms with E-state index in [4.69, 9.17) is 22.3 Å². The molecule has 102 heavy (non-hydrogen) atoms. The van der Waals surface area contributed by atoms with Crippen LogP contribution in [0.2, 0.25) is 0 Å². The smallest absolute Gasteiger partial charge is 0.326 e. The molecule has 0 saturated carbocycles. The molecule has 22 N–H and O–H groups in total. The van der Waals surface area contributed by atoms with Crippen molar-refractivity contribution in [1.29, 1.82) is 0 Å². The topological polar surface area (TPSA) is 611 Å². The fraction of sp³-hybridized carbons (Fsp3) is 0.613. The van der Waals surface area contributed by atoms with Gasteiger partial charge in [0.2, 0.25) is 82.7 Å². The highest BCUT2D eigenvalue weighted by atomic mass is 32.1. The van der Waals surface area contributed by atoms with Gasteiger partial charge in [-0.3, -0.25) is 81.5 Å². The van der Waals surface area contributed by atoms with Gasteiger partial charge in [-0.15, -0.1) is 0 Å². The molecule has 1 aromatic carbocycles. The number of carboxylic acids is 4. The molecule has 0 heterocycles. The van der Waals surface area contributed by atoms with Crippen LogP contribution in [0.1, 0.15) is 124 Å². The summed E-state index contributed by atoms with van der Waals surface area (Å²) < 4.78 is 0. The van der Waals surface area contributed by atoms with Crippen LogP contribution < -0.4 is 81.0 Å². The molecule has 570 valence electrons. The number of amides is 14. The van der Waals surface area contributed by atoms with E-state index in [1.165, 1.54) is 6.92 Å². The standard InChI is InChI=1S/C62H97N15O22S3/c1-7-30(5)49(76-54(90)36(15-19-44(65)79)69-57(93)40(24-48(85)86)73-55(91)38(22-29(3)4)71-51(87)33(63)26-100)60(96)66-25-45(80)67-34(16-20-46(81)82)52(88)72-39(23-32-12-10-9-11-13-32)56(92)68-35(14-18-43(64)78)53(89)74-42(28-102)59(95)77-50(31(6)8-2)61(97)75-41(27-101)58(94)70-37(62(98)99)17-21-47(83)84/h9-13,29-31,33-42,49-50,100-102H,7-8,14-28,63H2,1-6H3,(H2,64,78)(H2,65,79)(H,66,96)(H,67,80)(H,68,92)(H,69,93)(H,70,94)(H,71,87)(H,72,88)(H,73,91)(H,74,89)(H,75,97)(H,76,90)(H,77,95)(H,81,82)(H,83,84)(H,85,86)(H,98,99)/t30-,31-,33-,34-,35-,36-,37-,38-,39-,40-,41-,42-,49-,50-/m0/s1. The lowest BCUT2D eigenvalue weighted by Gasteiger charge is -2.29. The number of benzene rings is 1. The van der Waals surface area contributed by atoms with Gasteiger partial charge in [0.1, 0.15) is 66.5 Å². The molecular formula is C62H97N15O22S3. The largest absolute Gasteiger partial charge is 0.481 e. The molecule has 1 rings (SSSR count). The molecule has 0 aliphatic heterocycles. The van der Waals surface area contributed by atoms with E-state index in [1.54, 1.807) is 65.0 Å². The summed E-state index contributed by atoms with van der Waals surface area (Å²) in [5, 5.41) is 66.4. The summed E-state index contributed by atoms with van der Waals surface area (Å²) in [5.74, 6) is -23.2. The van der Waals surface area contributed by atoms with E-state index in [9.17, 15) is 102 Å². The molecule has 37 nitrogen and oxygen atoms in total. The molecule has 14 atom stereocenters. The number of nitrogens with one attached hydrogen (secondary N) is 12. The van der Waals surface area contributed by atoms with Crippen molar-refractivity contribution < 1.29 is 107 Å². The zero-order chi connectivity index (χ0) is 77.7. The first-order chi connectivity index (χ1) is 47.8. The van der Waals surface area contributed by atoms with E-state index in [0.717, 1.165) is 0 Å². The van der Waals surface area contributed by atoms with E-state index >= 15 is 0 Å². The van der Waals surface area contributed by atoms with Gasteiger partial charge in [0.05, 0.1) is 19.0 Å². The van der Waals surface area contributed by atoms with Crippen molar-refractivity contribution in [3.63, 3.8) is 0 Å². The summed E-state index contributed by atoms with van der Waals surface area (Å²) in [7, 11) is 0. The Balaban J connectivity index is 3.57. The normalized spacial score (nSPS) is 15.1. The SMILES string of the molecule is CC[C@H](C)[C@H](NC(=O)[C@H](CCC(N)=O)NC(=O)[C@H](CC(=O)O)NC(=O)[C@H](CC(C)C)NC(=O)[C@@H](N)CS)C(=O)NCC(=O)N[C@@H](CCC(=O)O)C(=O)N[C@@H](Cc1ccccc1)C(=O)N[C@@H](CCC(N)=O)C(=O)N[C@@H](CS)C(=O)N[C@H](C(=O)N[C@@H](CS)C(=O)N[C@@H](CCC(=O)O)C(=O)O)[C@@H](C)CC. The third-order valence-corrected chi connectivity index (χ3v) is 16.8. The molecule has 0 radical (unpaired) electrons. The average molecular weight is 1500 g/mol. The highest BCUT2D eigenvalue weighted by Crippen LogP contribution is 2.15. The first kappa shape index (κ1) is 90.7. The molecular weight excluding hydrogens is 1400 g/mol. The molecule has 0 aromatic heterocycles. The van der Waals surface area contributed by atoms with Gasteiger partial charge in [-0.1, -0.05) is 84.7 Å². The Morgan fingerprint density at radius 3 is 1.21 bits per heavy atom. The Morgan fingerprint density at radius 1 is 0.402 bits per heavy atom. The lowest BCUT2D eigenvalue weighted by molar-refractivity contribution is -0.143. The van der Waals surface area contributed by atoms with Gasteiger partial charge in [0.25, 0.3) is 0 Å². The number of aliphatic carboxylic acids is 4. The Bertz CT molecular complexity index is 3120. The fourth-order valence-electron chi connectivity index (χ4n) is 9.40. The van der Waals surface area contributed by atoms with Gasteiger partial charge < -0.3 is 101 Å². The van der Waals surface area contributed by atoms with Crippen LogP contribution in [0, 0.1) is 17.8 Å². The van der Waals surface area contributed by atoms with Crippen molar-refractivity contribution in [2.24, 2.45) is 35.0 Å². The number of primary amides is 2. The van der Waals surface area contributed by atoms with Gasteiger partial charge >= 0.3 is 23.9 Å². The average Bonchev–Trinajstić information content (AvgIpc) is 0.860. The number of rotatable bonds is 50. The van der Waals surface area contributed by atoms with Gasteiger partial charge in [0, 0.05) is 49.4 Å². The van der Waals surface area contributed by atoms with Crippen LogP contribution in [0.5, 0.6) is 0 Å². The van der Waals surface area contributed by atoms with Crippen LogP contribution in [-0.2, 0) is 92.7 Å². The summed E-state index contributed by atoms with van der Waals surface area (Å²) in [6, 6.07) is -11.1. The van der Waals surface area contributed by atoms with Crippen LogP contribution >= 0.6 is 37.9 Å². The lowest BCUT2D eigenvalue weighted by Crippen LogP contribution is -2.61. The Labute approximate surface area is 604 Å². The minimum Gasteiger partial charge on any atom is -0.481 e. The second-order valence-corrected chi connectivity index (χ2v) is 25.5. The maximum Gasteiger partial charge on any atom is 0.326 e. The molecule has 0 saturated heterocycles. The van der Waals surface area contributed by atoms with Crippen molar-refractivity contribution in [1.82, 2.24) is 63.8 Å². The first-order valence-corrected chi connectivity index (χ1v) is 34.4. The van der Waals surface area contributed by atoms with Crippen LogP contribution in [0.4, 0.5) is 0 Å². The van der Waals surface area contributed by atoms with Gasteiger partial charge in [-0.25, -0.2) is 4.79 Å². The summed E-state index contributed by atoms with van der Waals surface area (Å²) in [4.78, 5) is 236. The van der Waals surface area contributed by atoms with Crippen LogP contribution in [0.25, 0.3) is 0 Å². The van der Waals surface area contributed by atoms with Gasteiger partial charge in [-0.05, 0) is 55.4 Å². The minimum atomic E-state index is -1.89. The third kappa shape index (κ3) is 34.4. The van der Waals surface area contributed by atoms with Crippen LogP contribution in [-0.4, -0.2) is 223 Å². The van der Waals surface area contributed by atoms with Crippen molar-refractivity contribution in [3.05, 3.63) is 35.9 Å². The van der Waals surface area contributed by atoms with E-state index in [0.29, 0.717) is 5.56 Å². The molecule has 1 aromatic rings. The van der Waals surface area contributed by atoms with E-state index in [-0.39, 0.29) is 37.4 Å². The molecule has 0 unspecified atom stereocenters. The molecule has 40 heteroatoms. The zero-order valence-electron chi connectivity index (χ0n) is 57.3. The predicted molar refractivity (Wildman–Crippen MR) is 373 cm³/mol. The number of nitrogens with two attached hydrogens (primary N) is 3. The van der Waals surface area contributed by atoms with E-state index in [1.807, 2.05) is 0 Å². The number of thiol groups is 3. The Kier molecular flexibility index (Phi) is 41.8. The summed E-state index contributed by atoms with van der Waals surface area (Å²) in [5.41, 5.74) is 17.0. The molecule has 14 amide bonds.